The molecule has 112 valence electrons. The van der Waals surface area contributed by atoms with Crippen molar-refractivity contribution in [3.63, 3.8) is 0 Å². The fourth-order valence-electron chi connectivity index (χ4n) is 2.63. The lowest BCUT2D eigenvalue weighted by Crippen LogP contribution is -2.41. The van der Waals surface area contributed by atoms with Gasteiger partial charge in [0.25, 0.3) is 5.91 Å². The maximum Gasteiger partial charge on any atom is 0.321 e. The summed E-state index contributed by atoms with van der Waals surface area (Å²) in [5.41, 5.74) is 7.10. The van der Waals surface area contributed by atoms with Gasteiger partial charge in [0, 0.05) is 36.9 Å². The molecule has 2 fully saturated rings. The molecule has 0 bridgehead atoms. The van der Waals surface area contributed by atoms with Crippen LogP contribution in [-0.2, 0) is 0 Å². The van der Waals surface area contributed by atoms with Crippen LogP contribution >= 0.6 is 0 Å². The highest BCUT2D eigenvalue weighted by Gasteiger charge is 2.31. The van der Waals surface area contributed by atoms with Crippen molar-refractivity contribution in [2.75, 3.05) is 24.5 Å². The first kappa shape index (κ1) is 13.9. The first-order chi connectivity index (χ1) is 10.2. The van der Waals surface area contributed by atoms with Crippen LogP contribution in [0.5, 0.6) is 0 Å². The Kier molecular flexibility index (Phi) is 3.79. The summed E-state index contributed by atoms with van der Waals surface area (Å²) >= 11 is 0. The average molecular weight is 288 g/mol. The fraction of sp³-hybridized carbons (Fsp3) is 0.467. The molecule has 1 unspecified atom stereocenters. The number of carbonyl (C=O) groups excluding carboxylic acids is 2. The Morgan fingerprint density at radius 1 is 1.38 bits per heavy atom. The number of anilines is 1. The van der Waals surface area contributed by atoms with Crippen LogP contribution in [0, 0.1) is 5.92 Å². The summed E-state index contributed by atoms with van der Waals surface area (Å²) in [4.78, 5) is 25.4. The molecule has 6 heteroatoms. The quantitative estimate of drug-likeness (QED) is 0.744. The van der Waals surface area contributed by atoms with Crippen LogP contribution in [0.4, 0.5) is 10.5 Å². The van der Waals surface area contributed by atoms with Gasteiger partial charge in [0.2, 0.25) is 0 Å². The highest BCUT2D eigenvalue weighted by molar-refractivity contribution is 5.97. The second-order valence-corrected chi connectivity index (χ2v) is 5.58. The van der Waals surface area contributed by atoms with E-state index in [1.54, 1.807) is 29.2 Å². The summed E-state index contributed by atoms with van der Waals surface area (Å²) in [6, 6.07) is 7.07. The topological polar surface area (TPSA) is 87.5 Å². The van der Waals surface area contributed by atoms with E-state index < -0.39 is 0 Å². The number of urea groups is 1. The number of nitrogens with zero attached hydrogens (tertiary/aromatic N) is 1. The summed E-state index contributed by atoms with van der Waals surface area (Å²) < 4.78 is 0. The van der Waals surface area contributed by atoms with Crippen molar-refractivity contribution in [1.82, 2.24) is 10.6 Å². The van der Waals surface area contributed by atoms with Gasteiger partial charge in [-0.05, 0) is 43.0 Å². The van der Waals surface area contributed by atoms with Crippen molar-refractivity contribution in [3.8, 4) is 0 Å². The lowest BCUT2D eigenvalue weighted by Gasteiger charge is -2.17. The molecule has 4 N–H and O–H groups in total. The molecular formula is C15H20N4O2. The number of hydrogen-bond acceptors (Lipinski definition) is 3. The first-order valence-corrected chi connectivity index (χ1v) is 7.35. The maximum atomic E-state index is 12.2. The van der Waals surface area contributed by atoms with Crippen molar-refractivity contribution in [2.45, 2.75) is 18.9 Å². The minimum Gasteiger partial charge on any atom is -0.348 e. The van der Waals surface area contributed by atoms with Crippen molar-refractivity contribution in [1.29, 1.82) is 0 Å². The van der Waals surface area contributed by atoms with Crippen LogP contribution in [-0.4, -0.2) is 37.6 Å². The van der Waals surface area contributed by atoms with E-state index >= 15 is 0 Å². The second-order valence-electron chi connectivity index (χ2n) is 5.58. The summed E-state index contributed by atoms with van der Waals surface area (Å²) in [7, 11) is 0. The summed E-state index contributed by atoms with van der Waals surface area (Å²) in [6.45, 7) is 1.78. The van der Waals surface area contributed by atoms with E-state index in [9.17, 15) is 9.59 Å². The van der Waals surface area contributed by atoms with Gasteiger partial charge in [0.05, 0.1) is 0 Å². The minimum atomic E-state index is -0.102. The van der Waals surface area contributed by atoms with Crippen LogP contribution in [0.3, 0.4) is 0 Å². The largest absolute Gasteiger partial charge is 0.348 e. The van der Waals surface area contributed by atoms with E-state index in [2.05, 4.69) is 10.6 Å². The van der Waals surface area contributed by atoms with Crippen molar-refractivity contribution >= 4 is 17.6 Å². The SMILES string of the molecule is NCC(NC(=O)c1ccc(N2CCNC2=O)cc1)C1CC1. The van der Waals surface area contributed by atoms with Crippen LogP contribution in [0.15, 0.2) is 24.3 Å². The summed E-state index contributed by atoms with van der Waals surface area (Å²) in [6.07, 6.45) is 2.29. The molecule has 1 atom stereocenters. The smallest absolute Gasteiger partial charge is 0.321 e. The zero-order valence-corrected chi connectivity index (χ0v) is 11.8. The summed E-state index contributed by atoms with van der Waals surface area (Å²) in [5, 5.41) is 5.74. The monoisotopic (exact) mass is 288 g/mol. The predicted octanol–water partition coefficient (Wildman–Crippen LogP) is 0.683. The third-order valence-corrected chi connectivity index (χ3v) is 4.06. The van der Waals surface area contributed by atoms with Gasteiger partial charge < -0.3 is 16.4 Å². The van der Waals surface area contributed by atoms with Gasteiger partial charge in [-0.2, -0.15) is 0 Å². The van der Waals surface area contributed by atoms with Gasteiger partial charge in [-0.25, -0.2) is 4.79 Å². The van der Waals surface area contributed by atoms with E-state index in [1.165, 1.54) is 0 Å². The van der Waals surface area contributed by atoms with E-state index in [-0.39, 0.29) is 18.0 Å². The lowest BCUT2D eigenvalue weighted by atomic mass is 10.1. The Balaban J connectivity index is 1.65. The van der Waals surface area contributed by atoms with Gasteiger partial charge in [0.15, 0.2) is 0 Å². The number of nitrogens with two attached hydrogens (primary N) is 1. The highest BCUT2D eigenvalue weighted by Crippen LogP contribution is 2.32. The molecule has 1 heterocycles. The number of hydrogen-bond donors (Lipinski definition) is 3. The maximum absolute atomic E-state index is 12.2. The van der Waals surface area contributed by atoms with Crippen LogP contribution in [0.1, 0.15) is 23.2 Å². The molecule has 1 aliphatic heterocycles. The van der Waals surface area contributed by atoms with Crippen molar-refractivity contribution in [2.24, 2.45) is 11.7 Å². The highest BCUT2D eigenvalue weighted by atomic mass is 16.2. The second kappa shape index (κ2) is 5.73. The first-order valence-electron chi connectivity index (χ1n) is 7.35. The Labute approximate surface area is 123 Å². The number of amides is 3. The van der Waals surface area contributed by atoms with Crippen LogP contribution in [0.2, 0.25) is 0 Å². The van der Waals surface area contributed by atoms with Crippen molar-refractivity contribution < 1.29 is 9.59 Å². The number of nitrogens with one attached hydrogen (secondary N) is 2. The Morgan fingerprint density at radius 2 is 2.10 bits per heavy atom. The van der Waals surface area contributed by atoms with Gasteiger partial charge in [0.1, 0.15) is 0 Å². The third-order valence-electron chi connectivity index (χ3n) is 4.06. The predicted molar refractivity (Wildman–Crippen MR) is 80.2 cm³/mol. The van der Waals surface area contributed by atoms with E-state index in [1.807, 2.05) is 0 Å². The Morgan fingerprint density at radius 3 is 2.62 bits per heavy atom. The molecule has 1 aromatic rings. The molecule has 3 rings (SSSR count). The van der Waals surface area contributed by atoms with Gasteiger partial charge >= 0.3 is 6.03 Å². The molecular weight excluding hydrogens is 268 g/mol. The molecule has 0 aromatic heterocycles. The Bertz CT molecular complexity index is 539. The standard InChI is InChI=1S/C15H20N4O2/c16-9-13(10-1-2-10)18-14(20)11-3-5-12(6-4-11)19-8-7-17-15(19)21/h3-6,10,13H,1-2,7-9,16H2,(H,17,21)(H,18,20). The van der Waals surface area contributed by atoms with E-state index in [0.717, 1.165) is 18.5 Å². The van der Waals surface area contributed by atoms with Gasteiger partial charge in [-0.3, -0.25) is 9.69 Å². The van der Waals surface area contributed by atoms with Gasteiger partial charge in [-0.1, -0.05) is 0 Å². The average Bonchev–Trinajstić information content (AvgIpc) is 3.26. The van der Waals surface area contributed by atoms with Gasteiger partial charge in [-0.15, -0.1) is 0 Å². The molecule has 0 spiro atoms. The molecule has 1 aromatic carbocycles. The zero-order chi connectivity index (χ0) is 14.8. The molecule has 1 saturated carbocycles. The van der Waals surface area contributed by atoms with E-state index in [0.29, 0.717) is 31.1 Å². The zero-order valence-electron chi connectivity index (χ0n) is 11.8. The third kappa shape index (κ3) is 3.00. The molecule has 3 amide bonds. The van der Waals surface area contributed by atoms with Crippen molar-refractivity contribution in [3.05, 3.63) is 29.8 Å². The molecule has 1 aliphatic carbocycles. The number of rotatable bonds is 5. The number of benzene rings is 1. The number of carbonyl (C=O) groups is 2. The van der Waals surface area contributed by atoms with Crippen LogP contribution < -0.4 is 21.3 Å². The van der Waals surface area contributed by atoms with E-state index in [4.69, 9.17) is 5.73 Å². The molecule has 1 saturated heterocycles. The normalized spacial score (nSPS) is 19.3. The minimum absolute atomic E-state index is 0.0709. The fourth-order valence-corrected chi connectivity index (χ4v) is 2.63. The molecule has 6 nitrogen and oxygen atoms in total. The Hall–Kier alpha value is -2.08. The summed E-state index contributed by atoms with van der Waals surface area (Å²) in [5.74, 6) is 0.432. The lowest BCUT2D eigenvalue weighted by molar-refractivity contribution is 0.0933. The molecule has 2 aliphatic rings. The molecule has 21 heavy (non-hydrogen) atoms. The van der Waals surface area contributed by atoms with Crippen LogP contribution in [0.25, 0.3) is 0 Å². The molecule has 0 radical (unpaired) electrons.